The van der Waals surface area contributed by atoms with E-state index in [4.69, 9.17) is 9.47 Å². The van der Waals surface area contributed by atoms with E-state index >= 15 is 0 Å². The van der Waals surface area contributed by atoms with Crippen molar-refractivity contribution in [2.24, 2.45) is 10.9 Å². The van der Waals surface area contributed by atoms with Gasteiger partial charge in [-0.1, -0.05) is 19.1 Å². The van der Waals surface area contributed by atoms with Gasteiger partial charge in [0.2, 0.25) is 0 Å². The van der Waals surface area contributed by atoms with Crippen molar-refractivity contribution >= 4 is 5.96 Å². The van der Waals surface area contributed by atoms with E-state index in [2.05, 4.69) is 41.2 Å². The van der Waals surface area contributed by atoms with E-state index in [0.29, 0.717) is 11.8 Å². The number of hydrogen-bond donors (Lipinski definition) is 1. The molecule has 1 heterocycles. The fourth-order valence-electron chi connectivity index (χ4n) is 3.28. The molecule has 2 rings (SSSR count). The summed E-state index contributed by atoms with van der Waals surface area (Å²) in [4.78, 5) is 6.80. The van der Waals surface area contributed by atoms with Crippen LogP contribution < -0.4 is 10.1 Å². The van der Waals surface area contributed by atoms with Crippen LogP contribution in [0.1, 0.15) is 38.2 Å². The van der Waals surface area contributed by atoms with Crippen molar-refractivity contribution in [3.63, 3.8) is 0 Å². The first kappa shape index (κ1) is 19.6. The average molecular weight is 348 g/mol. The Morgan fingerprint density at radius 3 is 2.76 bits per heavy atom. The Bertz CT molecular complexity index is 530. The van der Waals surface area contributed by atoms with Gasteiger partial charge in [0, 0.05) is 39.2 Å². The van der Waals surface area contributed by atoms with E-state index < -0.39 is 0 Å². The Labute approximate surface area is 152 Å². The lowest BCUT2D eigenvalue weighted by molar-refractivity contribution is 0.114. The quantitative estimate of drug-likeness (QED) is 0.580. The standard InChI is InChI=1S/C20H33N3O2/c1-5-25-15-17-11-13-23(14-17)20(21-3)22-12-10-16(2)18-6-8-19(24-4)9-7-18/h6-9,16-17H,5,10-15H2,1-4H3,(H,21,22). The van der Waals surface area contributed by atoms with Crippen LogP contribution >= 0.6 is 0 Å². The van der Waals surface area contributed by atoms with E-state index in [0.717, 1.165) is 51.0 Å². The molecule has 1 N–H and O–H groups in total. The molecule has 0 amide bonds. The molecule has 1 aliphatic heterocycles. The zero-order chi connectivity index (χ0) is 18.1. The summed E-state index contributed by atoms with van der Waals surface area (Å²) in [5.41, 5.74) is 1.34. The SMILES string of the molecule is CCOCC1CCN(C(=NC)NCCC(C)c2ccc(OC)cc2)C1. The second kappa shape index (κ2) is 10.3. The van der Waals surface area contributed by atoms with Crippen molar-refractivity contribution < 1.29 is 9.47 Å². The number of guanidine groups is 1. The smallest absolute Gasteiger partial charge is 0.193 e. The lowest BCUT2D eigenvalue weighted by atomic mass is 9.98. The van der Waals surface area contributed by atoms with Gasteiger partial charge in [-0.25, -0.2) is 0 Å². The minimum Gasteiger partial charge on any atom is -0.497 e. The van der Waals surface area contributed by atoms with E-state index in [1.807, 2.05) is 19.2 Å². The topological polar surface area (TPSA) is 46.1 Å². The van der Waals surface area contributed by atoms with Crippen LogP contribution in [0.4, 0.5) is 0 Å². The van der Waals surface area contributed by atoms with Gasteiger partial charge in [-0.3, -0.25) is 4.99 Å². The Balaban J connectivity index is 1.75. The molecule has 25 heavy (non-hydrogen) atoms. The fourth-order valence-corrected chi connectivity index (χ4v) is 3.28. The maximum atomic E-state index is 5.56. The van der Waals surface area contributed by atoms with E-state index in [1.165, 1.54) is 12.0 Å². The van der Waals surface area contributed by atoms with Crippen LogP contribution in [0.3, 0.4) is 0 Å². The molecule has 0 aliphatic carbocycles. The number of aliphatic imine (C=N–C) groups is 1. The van der Waals surface area contributed by atoms with Crippen molar-refractivity contribution in [2.75, 3.05) is 47.0 Å². The summed E-state index contributed by atoms with van der Waals surface area (Å²) >= 11 is 0. The molecular formula is C20H33N3O2. The van der Waals surface area contributed by atoms with Gasteiger partial charge in [-0.05, 0) is 43.4 Å². The lowest BCUT2D eigenvalue weighted by Crippen LogP contribution is -2.40. The van der Waals surface area contributed by atoms with Crippen LogP contribution in [-0.4, -0.2) is 57.9 Å². The van der Waals surface area contributed by atoms with Crippen molar-refractivity contribution in [2.45, 2.75) is 32.6 Å². The van der Waals surface area contributed by atoms with E-state index in [1.54, 1.807) is 7.11 Å². The molecule has 5 heteroatoms. The van der Waals surface area contributed by atoms with Gasteiger partial charge in [0.25, 0.3) is 0 Å². The number of ether oxygens (including phenoxy) is 2. The third kappa shape index (κ3) is 5.92. The monoisotopic (exact) mass is 347 g/mol. The summed E-state index contributed by atoms with van der Waals surface area (Å²) in [6.07, 6.45) is 2.25. The molecular weight excluding hydrogens is 314 g/mol. The molecule has 5 nitrogen and oxygen atoms in total. The maximum absolute atomic E-state index is 5.56. The number of benzene rings is 1. The minimum atomic E-state index is 0.501. The third-order valence-electron chi connectivity index (χ3n) is 4.90. The molecule has 140 valence electrons. The first-order valence-electron chi connectivity index (χ1n) is 9.35. The van der Waals surface area contributed by atoms with Crippen LogP contribution in [0.15, 0.2) is 29.3 Å². The molecule has 1 aromatic rings. The molecule has 1 aromatic carbocycles. The highest BCUT2D eigenvalue weighted by molar-refractivity contribution is 5.80. The number of nitrogens with one attached hydrogen (secondary N) is 1. The van der Waals surface area contributed by atoms with Gasteiger partial charge in [0.05, 0.1) is 13.7 Å². The van der Waals surface area contributed by atoms with Crippen LogP contribution in [0, 0.1) is 5.92 Å². The molecule has 0 bridgehead atoms. The molecule has 1 fully saturated rings. The molecule has 0 radical (unpaired) electrons. The van der Waals surface area contributed by atoms with Gasteiger partial charge < -0.3 is 19.7 Å². The second-order valence-electron chi connectivity index (χ2n) is 6.70. The lowest BCUT2D eigenvalue weighted by Gasteiger charge is -2.22. The molecule has 2 atom stereocenters. The summed E-state index contributed by atoms with van der Waals surface area (Å²) in [6.45, 7) is 8.99. The molecule has 1 aliphatic rings. The van der Waals surface area contributed by atoms with Crippen molar-refractivity contribution in [1.29, 1.82) is 0 Å². The van der Waals surface area contributed by atoms with Crippen LogP contribution in [0.5, 0.6) is 5.75 Å². The van der Waals surface area contributed by atoms with Crippen LogP contribution in [0.2, 0.25) is 0 Å². The fraction of sp³-hybridized carbons (Fsp3) is 0.650. The van der Waals surface area contributed by atoms with E-state index in [-0.39, 0.29) is 0 Å². The third-order valence-corrected chi connectivity index (χ3v) is 4.90. The highest BCUT2D eigenvalue weighted by Gasteiger charge is 2.24. The summed E-state index contributed by atoms with van der Waals surface area (Å²) in [7, 11) is 3.57. The minimum absolute atomic E-state index is 0.501. The van der Waals surface area contributed by atoms with Gasteiger partial charge in [-0.2, -0.15) is 0 Å². The highest BCUT2D eigenvalue weighted by Crippen LogP contribution is 2.21. The number of likely N-dealkylation sites (tertiary alicyclic amines) is 1. The van der Waals surface area contributed by atoms with Gasteiger partial charge >= 0.3 is 0 Å². The zero-order valence-corrected chi connectivity index (χ0v) is 16.1. The van der Waals surface area contributed by atoms with Gasteiger partial charge in [0.15, 0.2) is 5.96 Å². The summed E-state index contributed by atoms with van der Waals surface area (Å²) < 4.78 is 10.8. The molecule has 0 saturated carbocycles. The van der Waals surface area contributed by atoms with Crippen molar-refractivity contribution in [3.05, 3.63) is 29.8 Å². The van der Waals surface area contributed by atoms with Crippen LogP contribution in [0.25, 0.3) is 0 Å². The summed E-state index contributed by atoms with van der Waals surface area (Å²) in [5.74, 6) is 3.04. The Morgan fingerprint density at radius 2 is 2.12 bits per heavy atom. The van der Waals surface area contributed by atoms with Gasteiger partial charge in [-0.15, -0.1) is 0 Å². The molecule has 0 aromatic heterocycles. The normalized spacial score (nSPS) is 19.1. The number of nitrogens with zero attached hydrogens (tertiary/aromatic N) is 2. The average Bonchev–Trinajstić information content (AvgIpc) is 3.12. The number of hydrogen-bond acceptors (Lipinski definition) is 3. The summed E-state index contributed by atoms with van der Waals surface area (Å²) in [6, 6.07) is 8.36. The predicted molar refractivity (Wildman–Crippen MR) is 104 cm³/mol. The summed E-state index contributed by atoms with van der Waals surface area (Å²) in [5, 5.41) is 3.52. The second-order valence-corrected chi connectivity index (χ2v) is 6.70. The van der Waals surface area contributed by atoms with Crippen LogP contribution in [-0.2, 0) is 4.74 Å². The predicted octanol–water partition coefficient (Wildman–Crippen LogP) is 3.12. The zero-order valence-electron chi connectivity index (χ0n) is 16.1. The highest BCUT2D eigenvalue weighted by atomic mass is 16.5. The number of methoxy groups -OCH3 is 1. The first-order chi connectivity index (χ1) is 12.2. The molecule has 0 spiro atoms. The van der Waals surface area contributed by atoms with Crippen molar-refractivity contribution in [3.8, 4) is 5.75 Å². The Hall–Kier alpha value is -1.75. The first-order valence-corrected chi connectivity index (χ1v) is 9.35. The Morgan fingerprint density at radius 1 is 1.36 bits per heavy atom. The van der Waals surface area contributed by atoms with E-state index in [9.17, 15) is 0 Å². The Kier molecular flexibility index (Phi) is 8.06. The van der Waals surface area contributed by atoms with Crippen molar-refractivity contribution in [1.82, 2.24) is 10.2 Å². The number of rotatable bonds is 8. The maximum Gasteiger partial charge on any atom is 0.193 e. The largest absolute Gasteiger partial charge is 0.497 e. The molecule has 2 unspecified atom stereocenters. The molecule has 1 saturated heterocycles. The van der Waals surface area contributed by atoms with Gasteiger partial charge in [0.1, 0.15) is 5.75 Å².